The Bertz CT molecular complexity index is 908. The smallest absolute Gasteiger partial charge is 0.134 e. The molecule has 3 aromatic rings. The van der Waals surface area contributed by atoms with Crippen molar-refractivity contribution >= 4 is 23.0 Å². The van der Waals surface area contributed by atoms with Gasteiger partial charge in [-0.3, -0.25) is 0 Å². The molecule has 5 heteroatoms. The van der Waals surface area contributed by atoms with Crippen LogP contribution < -0.4 is 0 Å². The number of thiazole rings is 1. The number of hydrogen-bond acceptors (Lipinski definition) is 3. The second kappa shape index (κ2) is 6.51. The fourth-order valence-electron chi connectivity index (χ4n) is 2.06. The molecule has 112 valence electrons. The number of rotatable bonds is 3. The summed E-state index contributed by atoms with van der Waals surface area (Å²) in [6, 6.07) is 14.7. The van der Waals surface area contributed by atoms with Crippen LogP contribution in [-0.4, -0.2) is 4.98 Å². The number of halogens is 2. The largest absolute Gasteiger partial charge is 0.235 e. The third-order valence-corrected chi connectivity index (χ3v) is 4.06. The van der Waals surface area contributed by atoms with Gasteiger partial charge in [0.25, 0.3) is 0 Å². The van der Waals surface area contributed by atoms with Gasteiger partial charge in [-0.1, -0.05) is 30.3 Å². The normalized spacial score (nSPS) is 11.3. The molecule has 2 aromatic carbocycles. The lowest BCUT2D eigenvalue weighted by molar-refractivity contribution is 0.598. The Kier molecular flexibility index (Phi) is 4.26. The highest BCUT2D eigenvalue weighted by Crippen LogP contribution is 2.27. The number of nitriles is 1. The van der Waals surface area contributed by atoms with Gasteiger partial charge in [0.15, 0.2) is 0 Å². The Morgan fingerprint density at radius 1 is 1.13 bits per heavy atom. The van der Waals surface area contributed by atoms with E-state index in [0.717, 1.165) is 29.5 Å². The molecule has 2 nitrogen and oxygen atoms in total. The van der Waals surface area contributed by atoms with Crippen LogP contribution in [0.15, 0.2) is 53.9 Å². The predicted molar refractivity (Wildman–Crippen MR) is 87.4 cm³/mol. The fraction of sp³-hybridized carbons (Fsp3) is 0. The predicted octanol–water partition coefficient (Wildman–Crippen LogP) is 5.15. The van der Waals surface area contributed by atoms with Crippen LogP contribution in [0.4, 0.5) is 8.78 Å². The number of nitrogens with zero attached hydrogens (tertiary/aromatic N) is 2. The lowest BCUT2D eigenvalue weighted by atomic mass is 10.1. The summed E-state index contributed by atoms with van der Waals surface area (Å²) in [5.74, 6) is -1.14. The zero-order valence-electron chi connectivity index (χ0n) is 11.8. The molecule has 0 aliphatic rings. The molecule has 23 heavy (non-hydrogen) atoms. The van der Waals surface area contributed by atoms with Gasteiger partial charge in [0.2, 0.25) is 0 Å². The van der Waals surface area contributed by atoms with Crippen molar-refractivity contribution in [3.05, 3.63) is 76.1 Å². The van der Waals surface area contributed by atoms with Crippen molar-refractivity contribution in [3.8, 4) is 17.3 Å². The SMILES string of the molecule is N#C/C(=C\c1cc(F)ccc1F)c1nc(-c2ccccc2)cs1. The average Bonchev–Trinajstić information content (AvgIpc) is 3.06. The summed E-state index contributed by atoms with van der Waals surface area (Å²) in [5, 5.41) is 11.6. The van der Waals surface area contributed by atoms with Crippen LogP contribution in [0.2, 0.25) is 0 Å². The van der Waals surface area contributed by atoms with Crippen molar-refractivity contribution < 1.29 is 8.78 Å². The molecule has 0 aliphatic heterocycles. The van der Waals surface area contributed by atoms with Crippen LogP contribution in [-0.2, 0) is 0 Å². The minimum atomic E-state index is -0.584. The molecular formula is C18H10F2N2S. The molecule has 0 atom stereocenters. The van der Waals surface area contributed by atoms with Crippen molar-refractivity contribution in [1.82, 2.24) is 4.98 Å². The molecule has 0 aliphatic carbocycles. The summed E-state index contributed by atoms with van der Waals surface area (Å²) in [6.45, 7) is 0. The first-order valence-corrected chi connectivity index (χ1v) is 7.63. The van der Waals surface area contributed by atoms with E-state index in [1.165, 1.54) is 17.4 Å². The second-order valence-corrected chi connectivity index (χ2v) is 5.60. The number of allylic oxidation sites excluding steroid dienone is 1. The monoisotopic (exact) mass is 324 g/mol. The zero-order valence-corrected chi connectivity index (χ0v) is 12.6. The first-order valence-electron chi connectivity index (χ1n) is 6.75. The zero-order chi connectivity index (χ0) is 16.2. The van der Waals surface area contributed by atoms with Crippen molar-refractivity contribution in [2.75, 3.05) is 0 Å². The van der Waals surface area contributed by atoms with E-state index >= 15 is 0 Å². The first-order chi connectivity index (χ1) is 11.2. The van der Waals surface area contributed by atoms with Crippen LogP contribution in [0.25, 0.3) is 22.9 Å². The standard InChI is InChI=1S/C18H10F2N2S/c19-15-6-7-16(20)13(9-15)8-14(10-21)18-22-17(11-23-18)12-4-2-1-3-5-12/h1-9,11H/b14-8+. The molecule has 0 unspecified atom stereocenters. The maximum Gasteiger partial charge on any atom is 0.134 e. The number of hydrogen-bond donors (Lipinski definition) is 0. The lowest BCUT2D eigenvalue weighted by Gasteiger charge is -1.99. The van der Waals surface area contributed by atoms with E-state index in [-0.39, 0.29) is 11.1 Å². The van der Waals surface area contributed by atoms with Gasteiger partial charge in [-0.2, -0.15) is 5.26 Å². The summed E-state index contributed by atoms with van der Waals surface area (Å²) >= 11 is 1.29. The molecule has 0 saturated heterocycles. The summed E-state index contributed by atoms with van der Waals surface area (Å²) in [6.07, 6.45) is 1.31. The molecule has 3 rings (SSSR count). The van der Waals surface area contributed by atoms with Crippen LogP contribution in [0.3, 0.4) is 0 Å². The van der Waals surface area contributed by atoms with E-state index in [9.17, 15) is 14.0 Å². The Labute approximate surface area is 136 Å². The summed E-state index contributed by atoms with van der Waals surface area (Å²) < 4.78 is 27.0. The van der Waals surface area contributed by atoms with Crippen LogP contribution in [0.5, 0.6) is 0 Å². The average molecular weight is 324 g/mol. The second-order valence-electron chi connectivity index (χ2n) is 4.74. The molecule has 0 radical (unpaired) electrons. The van der Waals surface area contributed by atoms with Crippen molar-refractivity contribution in [1.29, 1.82) is 5.26 Å². The van der Waals surface area contributed by atoms with Crippen LogP contribution in [0.1, 0.15) is 10.6 Å². The maximum absolute atomic E-state index is 13.7. The minimum absolute atomic E-state index is 0.0259. The van der Waals surface area contributed by atoms with E-state index in [2.05, 4.69) is 4.98 Å². The number of benzene rings is 2. The Morgan fingerprint density at radius 3 is 2.65 bits per heavy atom. The molecule has 0 saturated carbocycles. The Morgan fingerprint density at radius 2 is 1.91 bits per heavy atom. The fourth-order valence-corrected chi connectivity index (χ4v) is 2.86. The highest BCUT2D eigenvalue weighted by molar-refractivity contribution is 7.11. The quantitative estimate of drug-likeness (QED) is 0.625. The Balaban J connectivity index is 1.99. The molecule has 1 heterocycles. The van der Waals surface area contributed by atoms with Gasteiger partial charge in [0.1, 0.15) is 22.7 Å². The molecule has 0 spiro atoms. The van der Waals surface area contributed by atoms with Gasteiger partial charge < -0.3 is 0 Å². The molecule has 0 bridgehead atoms. The van der Waals surface area contributed by atoms with Gasteiger partial charge in [0, 0.05) is 16.5 Å². The summed E-state index contributed by atoms with van der Waals surface area (Å²) in [7, 11) is 0. The van der Waals surface area contributed by atoms with Gasteiger partial charge in [0.05, 0.1) is 11.3 Å². The van der Waals surface area contributed by atoms with E-state index in [4.69, 9.17) is 0 Å². The third kappa shape index (κ3) is 3.33. The summed E-state index contributed by atoms with van der Waals surface area (Å²) in [5.41, 5.74) is 1.90. The van der Waals surface area contributed by atoms with E-state index in [1.54, 1.807) is 0 Å². The molecule has 1 aromatic heterocycles. The molecule has 0 amide bonds. The number of aromatic nitrogens is 1. The van der Waals surface area contributed by atoms with E-state index < -0.39 is 11.6 Å². The lowest BCUT2D eigenvalue weighted by Crippen LogP contribution is -1.87. The van der Waals surface area contributed by atoms with Crippen molar-refractivity contribution in [2.24, 2.45) is 0 Å². The third-order valence-electron chi connectivity index (χ3n) is 3.18. The molecular weight excluding hydrogens is 314 g/mol. The van der Waals surface area contributed by atoms with E-state index in [0.29, 0.717) is 5.01 Å². The highest BCUT2D eigenvalue weighted by Gasteiger charge is 2.10. The minimum Gasteiger partial charge on any atom is -0.235 e. The van der Waals surface area contributed by atoms with Crippen molar-refractivity contribution in [3.63, 3.8) is 0 Å². The highest BCUT2D eigenvalue weighted by atomic mass is 32.1. The van der Waals surface area contributed by atoms with Gasteiger partial charge in [-0.15, -0.1) is 11.3 Å². The summed E-state index contributed by atoms with van der Waals surface area (Å²) in [4.78, 5) is 4.41. The van der Waals surface area contributed by atoms with Crippen LogP contribution >= 0.6 is 11.3 Å². The maximum atomic E-state index is 13.7. The van der Waals surface area contributed by atoms with Gasteiger partial charge in [-0.05, 0) is 24.3 Å². The first kappa shape index (κ1) is 15.1. The van der Waals surface area contributed by atoms with Crippen molar-refractivity contribution in [2.45, 2.75) is 0 Å². The van der Waals surface area contributed by atoms with Crippen LogP contribution in [0, 0.1) is 23.0 Å². The molecule has 0 fully saturated rings. The van der Waals surface area contributed by atoms with E-state index in [1.807, 2.05) is 41.8 Å². The topological polar surface area (TPSA) is 36.7 Å². The van der Waals surface area contributed by atoms with Gasteiger partial charge >= 0.3 is 0 Å². The van der Waals surface area contributed by atoms with Gasteiger partial charge in [-0.25, -0.2) is 13.8 Å². The molecule has 0 N–H and O–H groups in total. The Hall–Kier alpha value is -2.84.